The number of nitrogens with zero attached hydrogens (tertiary/aromatic N) is 4. The zero-order valence-corrected chi connectivity index (χ0v) is 21.7. The second-order valence-corrected chi connectivity index (χ2v) is 9.49. The van der Waals surface area contributed by atoms with E-state index in [4.69, 9.17) is 17.0 Å². The molecule has 1 aliphatic heterocycles. The first kappa shape index (κ1) is 25.5. The van der Waals surface area contributed by atoms with Crippen molar-refractivity contribution in [2.24, 2.45) is 7.05 Å². The highest BCUT2D eigenvalue weighted by Gasteiger charge is 2.32. The van der Waals surface area contributed by atoms with Crippen molar-refractivity contribution in [3.8, 4) is 11.8 Å². The van der Waals surface area contributed by atoms with Gasteiger partial charge in [-0.25, -0.2) is 0 Å². The molecule has 0 atom stereocenters. The van der Waals surface area contributed by atoms with Crippen molar-refractivity contribution < 1.29 is 9.53 Å². The van der Waals surface area contributed by atoms with Crippen LogP contribution in [0.15, 0.2) is 34.0 Å². The van der Waals surface area contributed by atoms with E-state index in [2.05, 4.69) is 0 Å². The number of nitriles is 1. The Labute approximate surface area is 209 Å². The van der Waals surface area contributed by atoms with Crippen LogP contribution in [0, 0.1) is 18.3 Å². The molecule has 0 bridgehead atoms. The van der Waals surface area contributed by atoms with E-state index in [1.807, 2.05) is 49.1 Å². The van der Waals surface area contributed by atoms with Gasteiger partial charge < -0.3 is 9.64 Å². The average Bonchev–Trinajstić information content (AvgIpc) is 3.11. The first-order valence-electron chi connectivity index (χ1n) is 11.0. The number of amides is 1. The van der Waals surface area contributed by atoms with Crippen LogP contribution in [0.1, 0.15) is 36.1 Å². The highest BCUT2D eigenvalue weighted by Crippen LogP contribution is 2.35. The summed E-state index contributed by atoms with van der Waals surface area (Å²) in [6.45, 7) is 7.58. The fourth-order valence-corrected chi connectivity index (χ4v) is 5.26. The number of anilines is 1. The number of hydrogen-bond donors (Lipinski definition) is 0. The van der Waals surface area contributed by atoms with Gasteiger partial charge in [-0.15, -0.1) is 0 Å². The number of methoxy groups -OCH3 is 1. The number of thiocarbonyl (C=S) groups is 1. The molecule has 1 fully saturated rings. The first-order chi connectivity index (χ1) is 16.3. The van der Waals surface area contributed by atoms with E-state index in [1.165, 1.54) is 16.3 Å². The Morgan fingerprint density at radius 1 is 1.21 bits per heavy atom. The Morgan fingerprint density at radius 3 is 2.41 bits per heavy atom. The minimum Gasteiger partial charge on any atom is -0.497 e. The summed E-state index contributed by atoms with van der Waals surface area (Å²) in [6.07, 6.45) is 2.43. The van der Waals surface area contributed by atoms with E-state index in [-0.39, 0.29) is 17.0 Å². The third kappa shape index (κ3) is 4.88. The third-order valence-corrected chi connectivity index (χ3v) is 7.34. The maximum absolute atomic E-state index is 13.3. The number of hydrogen-bond acceptors (Lipinski definition) is 7. The molecule has 1 saturated heterocycles. The summed E-state index contributed by atoms with van der Waals surface area (Å²) >= 11 is 6.76. The lowest BCUT2D eigenvalue weighted by molar-refractivity contribution is -0.122. The second-order valence-electron chi connectivity index (χ2n) is 7.82. The molecule has 0 N–H and O–H groups in total. The molecule has 0 spiro atoms. The molecule has 2 aromatic rings. The van der Waals surface area contributed by atoms with Gasteiger partial charge in [0.05, 0.1) is 12.0 Å². The Balaban J connectivity index is 1.97. The van der Waals surface area contributed by atoms with Crippen molar-refractivity contribution in [3.63, 3.8) is 0 Å². The lowest BCUT2D eigenvalue weighted by Crippen LogP contribution is -2.33. The minimum atomic E-state index is -0.342. The summed E-state index contributed by atoms with van der Waals surface area (Å²) < 4.78 is 7.19. The molecule has 0 saturated carbocycles. The van der Waals surface area contributed by atoms with Crippen LogP contribution >= 0.6 is 24.0 Å². The Bertz CT molecular complexity index is 1240. The fraction of sp³-hybridized carbons (Fsp3) is 0.360. The first-order valence-corrected chi connectivity index (χ1v) is 12.3. The third-order valence-electron chi connectivity index (χ3n) is 5.96. The van der Waals surface area contributed by atoms with Crippen molar-refractivity contribution >= 4 is 46.1 Å². The van der Waals surface area contributed by atoms with E-state index in [9.17, 15) is 14.9 Å². The van der Waals surface area contributed by atoms with Crippen LogP contribution in [-0.4, -0.2) is 46.4 Å². The Hall–Kier alpha value is -3.09. The van der Waals surface area contributed by atoms with E-state index in [1.54, 1.807) is 32.1 Å². The standard InChI is InChI=1S/C25H28N4O3S2/c1-6-28(7-2)22-19(16(3)20(15-26)23(30)27(22)4)14-21-24(31)29(25(33)34-21)13-12-17-8-10-18(32-5)11-9-17/h8-11,14H,6-7,12-13H2,1-5H3. The summed E-state index contributed by atoms with van der Waals surface area (Å²) in [5.74, 6) is 1.31. The van der Waals surface area contributed by atoms with Gasteiger partial charge in [-0.2, -0.15) is 5.26 Å². The monoisotopic (exact) mass is 496 g/mol. The fourth-order valence-electron chi connectivity index (χ4n) is 3.97. The van der Waals surface area contributed by atoms with E-state index < -0.39 is 0 Å². The van der Waals surface area contributed by atoms with Crippen LogP contribution in [0.2, 0.25) is 0 Å². The van der Waals surface area contributed by atoms with Gasteiger partial charge in [0.1, 0.15) is 27.5 Å². The number of ether oxygens (including phenoxy) is 1. The van der Waals surface area contributed by atoms with Crippen molar-refractivity contribution in [2.75, 3.05) is 31.6 Å². The Morgan fingerprint density at radius 2 is 1.85 bits per heavy atom. The quantitative estimate of drug-likeness (QED) is 0.406. The van der Waals surface area contributed by atoms with Crippen LogP contribution in [0.5, 0.6) is 5.75 Å². The molecule has 0 unspecified atom stereocenters. The second kappa shape index (κ2) is 10.9. The molecule has 178 valence electrons. The zero-order valence-electron chi connectivity index (χ0n) is 20.0. The van der Waals surface area contributed by atoms with Gasteiger partial charge in [-0.05, 0) is 56.5 Å². The average molecular weight is 497 g/mol. The minimum absolute atomic E-state index is 0.0830. The number of aromatic nitrogens is 1. The Kier molecular flexibility index (Phi) is 8.18. The molecule has 2 heterocycles. The largest absolute Gasteiger partial charge is 0.497 e. The number of pyridine rings is 1. The summed E-state index contributed by atoms with van der Waals surface area (Å²) in [7, 11) is 3.28. The predicted molar refractivity (Wildman–Crippen MR) is 141 cm³/mol. The number of rotatable bonds is 8. The maximum atomic E-state index is 13.3. The molecule has 1 aromatic carbocycles. The van der Waals surface area contributed by atoms with Gasteiger partial charge in [0, 0.05) is 32.2 Å². The normalized spacial score (nSPS) is 14.6. The SMILES string of the molecule is CCN(CC)c1c(C=C2SC(=S)N(CCc3ccc(OC)cc3)C2=O)c(C)c(C#N)c(=O)n1C. The molecule has 1 amide bonds. The summed E-state index contributed by atoms with van der Waals surface area (Å²) in [4.78, 5) is 30.2. The lowest BCUT2D eigenvalue weighted by atomic mass is 10.0. The van der Waals surface area contributed by atoms with Crippen LogP contribution in [0.3, 0.4) is 0 Å². The van der Waals surface area contributed by atoms with Crippen LogP contribution in [0.25, 0.3) is 6.08 Å². The molecule has 0 aliphatic carbocycles. The molecular formula is C25H28N4O3S2. The van der Waals surface area contributed by atoms with Crippen LogP contribution in [0.4, 0.5) is 5.82 Å². The number of thioether (sulfide) groups is 1. The van der Waals surface area contributed by atoms with Crippen LogP contribution in [-0.2, 0) is 18.3 Å². The number of carbonyl (C=O) groups excluding carboxylic acids is 1. The summed E-state index contributed by atoms with van der Waals surface area (Å²) in [5, 5.41) is 9.59. The van der Waals surface area contributed by atoms with Gasteiger partial charge in [0.2, 0.25) is 0 Å². The van der Waals surface area contributed by atoms with E-state index in [0.29, 0.717) is 52.2 Å². The van der Waals surface area contributed by atoms with Gasteiger partial charge in [-0.1, -0.05) is 36.1 Å². The molecule has 1 aromatic heterocycles. The molecule has 34 heavy (non-hydrogen) atoms. The van der Waals surface area contributed by atoms with Gasteiger partial charge >= 0.3 is 0 Å². The molecule has 1 aliphatic rings. The highest BCUT2D eigenvalue weighted by atomic mass is 32.2. The zero-order chi connectivity index (χ0) is 25.0. The van der Waals surface area contributed by atoms with E-state index >= 15 is 0 Å². The van der Waals surface area contributed by atoms with Crippen LogP contribution < -0.4 is 15.2 Å². The van der Waals surface area contributed by atoms with Crippen molar-refractivity contribution in [1.29, 1.82) is 5.26 Å². The molecule has 3 rings (SSSR count). The molecule has 9 heteroatoms. The topological polar surface area (TPSA) is 78.6 Å². The van der Waals surface area contributed by atoms with Gasteiger partial charge in [0.15, 0.2) is 0 Å². The van der Waals surface area contributed by atoms with Crippen molar-refractivity contribution in [3.05, 3.63) is 61.8 Å². The number of benzene rings is 1. The summed E-state index contributed by atoms with van der Waals surface area (Å²) in [5.41, 5.74) is 2.08. The van der Waals surface area contributed by atoms with Crippen molar-refractivity contribution in [2.45, 2.75) is 27.2 Å². The smallest absolute Gasteiger partial charge is 0.270 e. The molecule has 0 radical (unpaired) electrons. The highest BCUT2D eigenvalue weighted by molar-refractivity contribution is 8.26. The maximum Gasteiger partial charge on any atom is 0.270 e. The molecular weight excluding hydrogens is 468 g/mol. The van der Waals surface area contributed by atoms with E-state index in [0.717, 1.165) is 11.3 Å². The summed E-state index contributed by atoms with van der Waals surface area (Å²) in [6, 6.07) is 9.76. The lowest BCUT2D eigenvalue weighted by Gasteiger charge is -2.27. The van der Waals surface area contributed by atoms with Gasteiger partial charge in [-0.3, -0.25) is 19.1 Å². The number of carbonyl (C=O) groups is 1. The predicted octanol–water partition coefficient (Wildman–Crippen LogP) is 3.86. The van der Waals surface area contributed by atoms with Gasteiger partial charge in [0.25, 0.3) is 11.5 Å². The molecule has 7 nitrogen and oxygen atoms in total. The van der Waals surface area contributed by atoms with Crippen molar-refractivity contribution in [1.82, 2.24) is 9.47 Å².